The minimum Gasteiger partial charge on any atom is -0.508 e. The van der Waals surface area contributed by atoms with Crippen LogP contribution in [0.25, 0.3) is 0 Å². The molecule has 0 aliphatic rings. The smallest absolute Gasteiger partial charge is 0.208 e. The predicted molar refractivity (Wildman–Crippen MR) is 64.5 cm³/mol. The van der Waals surface area contributed by atoms with Gasteiger partial charge in [-0.1, -0.05) is 6.92 Å². The molecule has 2 aromatic rings. The van der Waals surface area contributed by atoms with E-state index < -0.39 is 5.82 Å². The van der Waals surface area contributed by atoms with Crippen LogP contribution in [-0.2, 0) is 19.5 Å². The molecule has 1 heterocycles. The lowest BCUT2D eigenvalue weighted by molar-refractivity contribution is 0.438. The number of phenolic OH excluding ortho intramolecular Hbond substituents is 1. The largest absolute Gasteiger partial charge is 0.508 e. The first-order chi connectivity index (χ1) is 8.67. The molecule has 0 fully saturated rings. The zero-order chi connectivity index (χ0) is 13.0. The SMILES string of the molecule is CCc1cnc(CNCc2cc(O)cc(F)c2)o1. The molecule has 1 aromatic heterocycles. The molecule has 0 spiro atoms. The van der Waals surface area contributed by atoms with Crippen molar-refractivity contribution >= 4 is 0 Å². The lowest BCUT2D eigenvalue weighted by Crippen LogP contribution is -2.12. The normalized spacial score (nSPS) is 10.8. The number of nitrogens with zero attached hydrogens (tertiary/aromatic N) is 1. The van der Waals surface area contributed by atoms with Gasteiger partial charge in [-0.2, -0.15) is 0 Å². The summed E-state index contributed by atoms with van der Waals surface area (Å²) in [5.41, 5.74) is 0.676. The van der Waals surface area contributed by atoms with E-state index in [1.807, 2.05) is 6.92 Å². The standard InChI is InChI=1S/C13H15FN2O2/c1-2-12-7-16-13(18-12)8-15-6-9-3-10(14)5-11(17)4-9/h3-5,7,15,17H,2,6,8H2,1H3. The fraction of sp³-hybridized carbons (Fsp3) is 0.308. The first-order valence-electron chi connectivity index (χ1n) is 5.80. The molecular formula is C13H15FN2O2. The van der Waals surface area contributed by atoms with E-state index in [1.54, 1.807) is 6.20 Å². The number of aromatic nitrogens is 1. The fourth-order valence-corrected chi connectivity index (χ4v) is 1.64. The Kier molecular flexibility index (Phi) is 3.94. The Bertz CT molecular complexity index is 505. The van der Waals surface area contributed by atoms with Crippen LogP contribution in [0, 0.1) is 5.82 Å². The van der Waals surface area contributed by atoms with Crippen LogP contribution in [0.3, 0.4) is 0 Å². The van der Waals surface area contributed by atoms with Crippen LogP contribution >= 0.6 is 0 Å². The summed E-state index contributed by atoms with van der Waals surface area (Å²) in [7, 11) is 0. The summed E-state index contributed by atoms with van der Waals surface area (Å²) in [5, 5.41) is 12.3. The molecule has 2 rings (SSSR count). The van der Waals surface area contributed by atoms with E-state index in [1.165, 1.54) is 12.1 Å². The van der Waals surface area contributed by atoms with Crippen LogP contribution in [0.1, 0.15) is 24.1 Å². The number of halogens is 1. The maximum Gasteiger partial charge on any atom is 0.208 e. The summed E-state index contributed by atoms with van der Waals surface area (Å²) in [6, 6.07) is 3.97. The van der Waals surface area contributed by atoms with Crippen molar-refractivity contribution in [1.82, 2.24) is 10.3 Å². The highest BCUT2D eigenvalue weighted by molar-refractivity contribution is 5.28. The average Bonchev–Trinajstić information content (AvgIpc) is 2.76. The van der Waals surface area contributed by atoms with E-state index in [0.29, 0.717) is 24.5 Å². The number of phenols is 1. The van der Waals surface area contributed by atoms with Gasteiger partial charge in [0.15, 0.2) is 0 Å². The minimum atomic E-state index is -0.448. The molecule has 0 aliphatic carbocycles. The first-order valence-corrected chi connectivity index (χ1v) is 5.80. The zero-order valence-electron chi connectivity index (χ0n) is 10.1. The first kappa shape index (κ1) is 12.6. The van der Waals surface area contributed by atoms with Crippen molar-refractivity contribution in [1.29, 1.82) is 0 Å². The molecule has 4 nitrogen and oxygen atoms in total. The van der Waals surface area contributed by atoms with Crippen molar-refractivity contribution < 1.29 is 13.9 Å². The lowest BCUT2D eigenvalue weighted by Gasteiger charge is -2.03. The summed E-state index contributed by atoms with van der Waals surface area (Å²) in [5.74, 6) is 0.926. The Labute approximate surface area is 104 Å². The van der Waals surface area contributed by atoms with Crippen LogP contribution in [0.5, 0.6) is 5.75 Å². The second-order valence-electron chi connectivity index (χ2n) is 4.00. The molecule has 1 aromatic carbocycles. The second-order valence-corrected chi connectivity index (χ2v) is 4.00. The van der Waals surface area contributed by atoms with E-state index in [-0.39, 0.29) is 5.75 Å². The van der Waals surface area contributed by atoms with Crippen molar-refractivity contribution in [2.45, 2.75) is 26.4 Å². The zero-order valence-corrected chi connectivity index (χ0v) is 10.1. The summed E-state index contributed by atoms with van der Waals surface area (Å²) in [4.78, 5) is 4.10. The van der Waals surface area contributed by atoms with Crippen molar-refractivity contribution in [2.24, 2.45) is 0 Å². The number of rotatable bonds is 5. The highest BCUT2D eigenvalue weighted by atomic mass is 19.1. The summed E-state index contributed by atoms with van der Waals surface area (Å²) >= 11 is 0. The number of aryl methyl sites for hydroxylation is 1. The van der Waals surface area contributed by atoms with E-state index in [4.69, 9.17) is 4.42 Å². The predicted octanol–water partition coefficient (Wildman–Crippen LogP) is 2.37. The fourth-order valence-electron chi connectivity index (χ4n) is 1.64. The molecule has 0 unspecified atom stereocenters. The van der Waals surface area contributed by atoms with Gasteiger partial charge < -0.3 is 14.8 Å². The number of oxazole rings is 1. The van der Waals surface area contributed by atoms with Gasteiger partial charge in [-0.25, -0.2) is 9.37 Å². The Hall–Kier alpha value is -1.88. The number of nitrogens with one attached hydrogen (secondary N) is 1. The average molecular weight is 250 g/mol. The summed E-state index contributed by atoms with van der Waals surface area (Å²) < 4.78 is 18.4. The molecule has 0 radical (unpaired) electrons. The van der Waals surface area contributed by atoms with Gasteiger partial charge in [0, 0.05) is 19.0 Å². The van der Waals surface area contributed by atoms with Gasteiger partial charge in [0.1, 0.15) is 17.3 Å². The third-order valence-electron chi connectivity index (χ3n) is 2.50. The van der Waals surface area contributed by atoms with Crippen LogP contribution in [0.4, 0.5) is 4.39 Å². The van der Waals surface area contributed by atoms with Crippen molar-refractivity contribution in [3.63, 3.8) is 0 Å². The monoisotopic (exact) mass is 250 g/mol. The maximum absolute atomic E-state index is 13.0. The Morgan fingerprint density at radius 1 is 1.33 bits per heavy atom. The molecule has 5 heteroatoms. The quantitative estimate of drug-likeness (QED) is 0.855. The van der Waals surface area contributed by atoms with E-state index in [0.717, 1.165) is 18.2 Å². The highest BCUT2D eigenvalue weighted by Gasteiger charge is 2.03. The summed E-state index contributed by atoms with van der Waals surface area (Å²) in [6.45, 7) is 2.90. The second kappa shape index (κ2) is 5.64. The van der Waals surface area contributed by atoms with Crippen molar-refractivity contribution in [3.05, 3.63) is 47.4 Å². The summed E-state index contributed by atoms with van der Waals surface area (Å²) in [6.07, 6.45) is 2.51. The molecule has 18 heavy (non-hydrogen) atoms. The van der Waals surface area contributed by atoms with E-state index in [2.05, 4.69) is 10.3 Å². The van der Waals surface area contributed by atoms with E-state index in [9.17, 15) is 9.50 Å². The van der Waals surface area contributed by atoms with Crippen LogP contribution in [-0.4, -0.2) is 10.1 Å². The third-order valence-corrected chi connectivity index (χ3v) is 2.50. The van der Waals surface area contributed by atoms with E-state index >= 15 is 0 Å². The minimum absolute atomic E-state index is 0.0730. The van der Waals surface area contributed by atoms with Gasteiger partial charge in [0.05, 0.1) is 12.7 Å². The van der Waals surface area contributed by atoms with Crippen molar-refractivity contribution in [2.75, 3.05) is 0 Å². The van der Waals surface area contributed by atoms with Gasteiger partial charge in [0.2, 0.25) is 5.89 Å². The molecule has 0 saturated carbocycles. The molecule has 0 aliphatic heterocycles. The van der Waals surface area contributed by atoms with Gasteiger partial charge >= 0.3 is 0 Å². The molecular weight excluding hydrogens is 235 g/mol. The number of benzene rings is 1. The molecule has 0 saturated heterocycles. The van der Waals surface area contributed by atoms with Gasteiger partial charge in [-0.15, -0.1) is 0 Å². The molecule has 0 amide bonds. The van der Waals surface area contributed by atoms with Gasteiger partial charge in [0.25, 0.3) is 0 Å². The number of hydrogen-bond acceptors (Lipinski definition) is 4. The Morgan fingerprint density at radius 2 is 2.17 bits per heavy atom. The molecule has 0 bridgehead atoms. The topological polar surface area (TPSA) is 58.3 Å². The van der Waals surface area contributed by atoms with Crippen molar-refractivity contribution in [3.8, 4) is 5.75 Å². The molecule has 0 atom stereocenters. The van der Waals surface area contributed by atoms with Crippen LogP contribution in [0.15, 0.2) is 28.8 Å². The van der Waals surface area contributed by atoms with Gasteiger partial charge in [-0.3, -0.25) is 0 Å². The lowest BCUT2D eigenvalue weighted by atomic mass is 10.2. The maximum atomic E-state index is 13.0. The number of aromatic hydroxyl groups is 1. The molecule has 2 N–H and O–H groups in total. The molecule has 96 valence electrons. The Balaban J connectivity index is 1.88. The van der Waals surface area contributed by atoms with Crippen LogP contribution in [0.2, 0.25) is 0 Å². The third kappa shape index (κ3) is 3.30. The van der Waals surface area contributed by atoms with Gasteiger partial charge in [-0.05, 0) is 17.7 Å². The Morgan fingerprint density at radius 3 is 2.83 bits per heavy atom. The van der Waals surface area contributed by atoms with Crippen LogP contribution < -0.4 is 5.32 Å². The number of hydrogen-bond donors (Lipinski definition) is 2. The highest BCUT2D eigenvalue weighted by Crippen LogP contribution is 2.14.